The second-order valence-corrected chi connectivity index (χ2v) is 6.51. The van der Waals surface area contributed by atoms with Crippen LogP contribution in [0.4, 0.5) is 4.39 Å². The van der Waals surface area contributed by atoms with Gasteiger partial charge in [0.1, 0.15) is 5.75 Å². The molecule has 0 atom stereocenters. The van der Waals surface area contributed by atoms with Crippen LogP contribution in [0.5, 0.6) is 5.75 Å². The Morgan fingerprint density at radius 2 is 1.50 bits per heavy atom. The molecule has 1 fully saturated rings. The predicted molar refractivity (Wildman–Crippen MR) is 98.0 cm³/mol. The van der Waals surface area contributed by atoms with E-state index in [0.717, 1.165) is 31.4 Å². The van der Waals surface area contributed by atoms with E-state index in [0.29, 0.717) is 24.8 Å². The summed E-state index contributed by atoms with van der Waals surface area (Å²) < 4.78 is 17.8. The largest absolute Gasteiger partial charge is 0.494 e. The van der Waals surface area contributed by atoms with Crippen molar-refractivity contribution in [3.05, 3.63) is 66.5 Å². The van der Waals surface area contributed by atoms with Crippen LogP contribution < -0.4 is 4.74 Å². The molecule has 1 saturated carbocycles. The van der Waals surface area contributed by atoms with Crippen molar-refractivity contribution in [2.75, 3.05) is 6.61 Å². The Morgan fingerprint density at radius 1 is 0.917 bits per heavy atom. The van der Waals surface area contributed by atoms with Crippen LogP contribution in [0.3, 0.4) is 0 Å². The molecule has 2 aromatic carbocycles. The lowest BCUT2D eigenvalue weighted by Crippen LogP contribution is -2.11. The summed E-state index contributed by atoms with van der Waals surface area (Å²) in [5.41, 5.74) is 3.85. The Hall–Kier alpha value is -2.09. The van der Waals surface area contributed by atoms with E-state index < -0.39 is 0 Å². The molecule has 126 valence electrons. The van der Waals surface area contributed by atoms with Gasteiger partial charge in [0.25, 0.3) is 0 Å². The minimum atomic E-state index is 0.425. The average molecular weight is 324 g/mol. The summed E-state index contributed by atoms with van der Waals surface area (Å²) in [5.74, 6) is 1.95. The van der Waals surface area contributed by atoms with Gasteiger partial charge in [-0.05, 0) is 73.3 Å². The Balaban J connectivity index is 1.65. The zero-order valence-electron chi connectivity index (χ0n) is 14.2. The van der Waals surface area contributed by atoms with Gasteiger partial charge in [-0.25, -0.2) is 4.39 Å². The topological polar surface area (TPSA) is 9.23 Å². The van der Waals surface area contributed by atoms with Crippen molar-refractivity contribution < 1.29 is 9.13 Å². The van der Waals surface area contributed by atoms with E-state index in [1.165, 1.54) is 16.7 Å². The maximum absolute atomic E-state index is 12.3. The third-order valence-corrected chi connectivity index (χ3v) is 5.00. The summed E-state index contributed by atoms with van der Waals surface area (Å²) in [5, 5.41) is 0. The molecule has 2 aromatic rings. The standard InChI is InChI=1S/C22H25FO/c1-2-24-22-13-11-21(12-14-22)20-9-7-19(8-10-20)18-5-3-17(4-6-18)15-16-23/h7-18H,2-6H2,1H3/t17-,18-. The zero-order valence-corrected chi connectivity index (χ0v) is 14.2. The average Bonchev–Trinajstić information content (AvgIpc) is 2.64. The van der Waals surface area contributed by atoms with Crippen LogP contribution in [0.15, 0.2) is 60.9 Å². The van der Waals surface area contributed by atoms with Gasteiger partial charge in [0.15, 0.2) is 0 Å². The molecule has 0 spiro atoms. The third kappa shape index (κ3) is 4.05. The third-order valence-electron chi connectivity index (χ3n) is 5.00. The van der Waals surface area contributed by atoms with Crippen LogP contribution in [-0.4, -0.2) is 6.61 Å². The lowest BCUT2D eigenvalue weighted by Gasteiger charge is -2.27. The van der Waals surface area contributed by atoms with Crippen LogP contribution in [-0.2, 0) is 0 Å². The minimum absolute atomic E-state index is 0.425. The molecule has 0 bridgehead atoms. The maximum Gasteiger partial charge on any atom is 0.119 e. The van der Waals surface area contributed by atoms with Gasteiger partial charge in [-0.15, -0.1) is 0 Å². The van der Waals surface area contributed by atoms with Gasteiger partial charge in [-0.2, -0.15) is 0 Å². The van der Waals surface area contributed by atoms with Gasteiger partial charge in [-0.3, -0.25) is 0 Å². The monoisotopic (exact) mass is 324 g/mol. The fourth-order valence-electron chi connectivity index (χ4n) is 3.61. The van der Waals surface area contributed by atoms with Crippen LogP contribution in [0.2, 0.25) is 0 Å². The van der Waals surface area contributed by atoms with Crippen molar-refractivity contribution in [1.82, 2.24) is 0 Å². The molecule has 0 aromatic heterocycles. The Morgan fingerprint density at radius 3 is 2.04 bits per heavy atom. The number of rotatable bonds is 5. The minimum Gasteiger partial charge on any atom is -0.494 e. The van der Waals surface area contributed by atoms with Gasteiger partial charge >= 0.3 is 0 Å². The molecule has 0 aliphatic heterocycles. The van der Waals surface area contributed by atoms with E-state index in [2.05, 4.69) is 36.4 Å². The molecule has 0 amide bonds. The lowest BCUT2D eigenvalue weighted by molar-refractivity contribution is 0.340. The number of hydrogen-bond acceptors (Lipinski definition) is 1. The normalized spacial score (nSPS) is 21.1. The first-order chi connectivity index (χ1) is 11.8. The Bertz CT molecular complexity index is 649. The summed E-state index contributed by atoms with van der Waals surface area (Å²) >= 11 is 0. The zero-order chi connectivity index (χ0) is 16.8. The molecule has 0 heterocycles. The van der Waals surface area contributed by atoms with E-state index in [1.54, 1.807) is 6.08 Å². The van der Waals surface area contributed by atoms with Gasteiger partial charge in [-0.1, -0.05) is 42.5 Å². The van der Waals surface area contributed by atoms with Crippen LogP contribution in [0.1, 0.15) is 44.1 Å². The first-order valence-electron chi connectivity index (χ1n) is 8.90. The van der Waals surface area contributed by atoms with Crippen LogP contribution in [0, 0.1) is 5.92 Å². The number of hydrogen-bond donors (Lipinski definition) is 0. The second-order valence-electron chi connectivity index (χ2n) is 6.51. The fourth-order valence-corrected chi connectivity index (χ4v) is 3.61. The Kier molecular flexibility index (Phi) is 5.68. The number of allylic oxidation sites excluding steroid dienone is 1. The first-order valence-corrected chi connectivity index (χ1v) is 8.90. The number of benzene rings is 2. The molecule has 0 N–H and O–H groups in total. The van der Waals surface area contributed by atoms with Crippen molar-refractivity contribution >= 4 is 0 Å². The van der Waals surface area contributed by atoms with Crippen LogP contribution in [0.25, 0.3) is 11.1 Å². The highest BCUT2D eigenvalue weighted by Crippen LogP contribution is 2.37. The van der Waals surface area contributed by atoms with Gasteiger partial charge in [0, 0.05) is 0 Å². The molecular weight excluding hydrogens is 299 g/mol. The van der Waals surface area contributed by atoms with E-state index in [9.17, 15) is 4.39 Å². The quantitative estimate of drug-likeness (QED) is 0.609. The molecule has 0 radical (unpaired) electrons. The van der Waals surface area contributed by atoms with E-state index in [4.69, 9.17) is 4.74 Å². The van der Waals surface area contributed by atoms with Crippen LogP contribution >= 0.6 is 0 Å². The second kappa shape index (κ2) is 8.14. The van der Waals surface area contributed by atoms with Crippen molar-refractivity contribution in [3.8, 4) is 16.9 Å². The highest BCUT2D eigenvalue weighted by molar-refractivity contribution is 5.64. The molecule has 0 saturated heterocycles. The summed E-state index contributed by atoms with van der Waals surface area (Å²) in [7, 11) is 0. The molecule has 1 nitrogen and oxygen atoms in total. The fraction of sp³-hybridized carbons (Fsp3) is 0.364. The van der Waals surface area contributed by atoms with Gasteiger partial charge in [0.2, 0.25) is 0 Å². The SMILES string of the molecule is CCOc1ccc(-c2ccc([C@H]3CC[C@H](C=CF)CC3)cc2)cc1. The Labute approximate surface area is 144 Å². The maximum atomic E-state index is 12.3. The smallest absolute Gasteiger partial charge is 0.119 e. The highest BCUT2D eigenvalue weighted by atomic mass is 19.1. The molecule has 24 heavy (non-hydrogen) atoms. The van der Waals surface area contributed by atoms with Crippen molar-refractivity contribution in [2.24, 2.45) is 5.92 Å². The summed E-state index contributed by atoms with van der Waals surface area (Å²) in [4.78, 5) is 0. The van der Waals surface area contributed by atoms with Gasteiger partial charge in [0.05, 0.1) is 12.9 Å². The lowest BCUT2D eigenvalue weighted by atomic mass is 9.78. The first kappa shape index (κ1) is 16.8. The molecule has 0 unspecified atom stereocenters. The van der Waals surface area contributed by atoms with Crippen molar-refractivity contribution in [2.45, 2.75) is 38.5 Å². The molecule has 1 aliphatic carbocycles. The number of halogens is 1. The van der Waals surface area contributed by atoms with E-state index in [-0.39, 0.29) is 0 Å². The molecule has 1 aliphatic rings. The van der Waals surface area contributed by atoms with E-state index >= 15 is 0 Å². The van der Waals surface area contributed by atoms with Gasteiger partial charge < -0.3 is 4.74 Å². The molecule has 3 rings (SSSR count). The van der Waals surface area contributed by atoms with Crippen molar-refractivity contribution in [3.63, 3.8) is 0 Å². The van der Waals surface area contributed by atoms with Crippen molar-refractivity contribution in [1.29, 1.82) is 0 Å². The predicted octanol–water partition coefficient (Wildman–Crippen LogP) is 6.51. The number of ether oxygens (including phenoxy) is 1. The molecule has 2 heteroatoms. The summed E-state index contributed by atoms with van der Waals surface area (Å²) in [6.45, 7) is 2.69. The van der Waals surface area contributed by atoms with E-state index in [1.807, 2.05) is 19.1 Å². The summed E-state index contributed by atoms with van der Waals surface area (Å²) in [6, 6.07) is 17.2. The summed E-state index contributed by atoms with van der Waals surface area (Å²) in [6.07, 6.45) is 6.90. The highest BCUT2D eigenvalue weighted by Gasteiger charge is 2.20. The molecular formula is C22H25FO.